The first-order chi connectivity index (χ1) is 8.99. The number of nitrogens with zero attached hydrogens (tertiary/aromatic N) is 2. The van der Waals surface area contributed by atoms with Gasteiger partial charge in [0.1, 0.15) is 17.9 Å². The SMILES string of the molecule is Cn1ncc(C(=O)O)c1COc1cc(Cl)ccc1Cl. The third kappa shape index (κ3) is 3.00. The summed E-state index contributed by atoms with van der Waals surface area (Å²) in [6, 6.07) is 4.82. The molecule has 0 aliphatic rings. The molecule has 0 bridgehead atoms. The van der Waals surface area contributed by atoms with Crippen molar-refractivity contribution >= 4 is 29.2 Å². The lowest BCUT2D eigenvalue weighted by molar-refractivity contribution is 0.0693. The summed E-state index contributed by atoms with van der Waals surface area (Å²) in [4.78, 5) is 11.0. The molecule has 0 saturated heterocycles. The number of hydrogen-bond donors (Lipinski definition) is 1. The summed E-state index contributed by atoms with van der Waals surface area (Å²) in [6.07, 6.45) is 1.28. The minimum Gasteiger partial charge on any atom is -0.486 e. The van der Waals surface area contributed by atoms with Crippen LogP contribution in [0, 0.1) is 0 Å². The second-order valence-corrected chi connectivity index (χ2v) is 4.64. The second kappa shape index (κ2) is 5.50. The second-order valence-electron chi connectivity index (χ2n) is 3.80. The zero-order valence-corrected chi connectivity index (χ0v) is 11.4. The van der Waals surface area contributed by atoms with Crippen LogP contribution in [0.15, 0.2) is 24.4 Å². The smallest absolute Gasteiger partial charge is 0.339 e. The lowest BCUT2D eigenvalue weighted by atomic mass is 10.2. The number of benzene rings is 1. The molecule has 100 valence electrons. The summed E-state index contributed by atoms with van der Waals surface area (Å²) >= 11 is 11.8. The first-order valence-corrected chi connectivity index (χ1v) is 6.06. The molecule has 2 rings (SSSR count). The van der Waals surface area contributed by atoms with Gasteiger partial charge in [-0.15, -0.1) is 0 Å². The predicted molar refractivity (Wildman–Crippen MR) is 71.0 cm³/mol. The maximum absolute atomic E-state index is 11.0. The molecule has 0 fully saturated rings. The van der Waals surface area contributed by atoms with Crippen molar-refractivity contribution < 1.29 is 14.6 Å². The van der Waals surface area contributed by atoms with Crippen LogP contribution in [0.25, 0.3) is 0 Å². The van der Waals surface area contributed by atoms with Gasteiger partial charge in [-0.3, -0.25) is 4.68 Å². The Bertz CT molecular complexity index is 625. The highest BCUT2D eigenvalue weighted by molar-refractivity contribution is 6.34. The van der Waals surface area contributed by atoms with E-state index in [1.54, 1.807) is 25.2 Å². The molecule has 0 unspecified atom stereocenters. The van der Waals surface area contributed by atoms with E-state index < -0.39 is 5.97 Å². The number of ether oxygens (including phenoxy) is 1. The van der Waals surface area contributed by atoms with Crippen LogP contribution in [0.5, 0.6) is 5.75 Å². The van der Waals surface area contributed by atoms with E-state index in [2.05, 4.69) is 5.10 Å². The van der Waals surface area contributed by atoms with Crippen LogP contribution in [0.4, 0.5) is 0 Å². The molecular formula is C12H10Cl2N2O3. The monoisotopic (exact) mass is 300 g/mol. The molecule has 0 radical (unpaired) electrons. The van der Waals surface area contributed by atoms with Crippen molar-refractivity contribution in [3.05, 3.63) is 45.7 Å². The van der Waals surface area contributed by atoms with Gasteiger partial charge >= 0.3 is 5.97 Å². The van der Waals surface area contributed by atoms with Gasteiger partial charge in [0.25, 0.3) is 0 Å². The lowest BCUT2D eigenvalue weighted by Gasteiger charge is -2.09. The van der Waals surface area contributed by atoms with Gasteiger partial charge < -0.3 is 9.84 Å². The van der Waals surface area contributed by atoms with E-state index in [1.165, 1.54) is 10.9 Å². The number of aromatic carboxylic acids is 1. The molecule has 2 aromatic rings. The molecule has 0 aliphatic heterocycles. The van der Waals surface area contributed by atoms with Gasteiger partial charge in [-0.25, -0.2) is 4.79 Å². The highest BCUT2D eigenvalue weighted by atomic mass is 35.5. The third-order valence-corrected chi connectivity index (χ3v) is 3.10. The fraction of sp³-hybridized carbons (Fsp3) is 0.167. The molecule has 5 nitrogen and oxygen atoms in total. The number of carboxylic acid groups (broad SMARTS) is 1. The Morgan fingerprint density at radius 1 is 1.47 bits per heavy atom. The molecule has 7 heteroatoms. The Morgan fingerprint density at radius 3 is 2.89 bits per heavy atom. The number of aryl methyl sites for hydroxylation is 1. The van der Waals surface area contributed by atoms with Gasteiger partial charge in [0, 0.05) is 18.1 Å². The molecular weight excluding hydrogens is 291 g/mol. The van der Waals surface area contributed by atoms with Gasteiger partial charge in [-0.2, -0.15) is 5.10 Å². The first kappa shape index (κ1) is 13.7. The first-order valence-electron chi connectivity index (χ1n) is 5.31. The average Bonchev–Trinajstić information content (AvgIpc) is 2.72. The maximum atomic E-state index is 11.0. The van der Waals surface area contributed by atoms with Gasteiger partial charge in [-0.05, 0) is 12.1 Å². The van der Waals surface area contributed by atoms with E-state index in [0.717, 1.165) is 0 Å². The van der Waals surface area contributed by atoms with Gasteiger partial charge in [0.2, 0.25) is 0 Å². The van der Waals surface area contributed by atoms with Crippen LogP contribution in [-0.4, -0.2) is 20.9 Å². The van der Waals surface area contributed by atoms with Crippen molar-refractivity contribution in [3.8, 4) is 5.75 Å². The fourth-order valence-corrected chi connectivity index (χ4v) is 1.88. The van der Waals surface area contributed by atoms with Crippen LogP contribution in [0.3, 0.4) is 0 Å². The minimum atomic E-state index is -1.05. The van der Waals surface area contributed by atoms with Crippen LogP contribution < -0.4 is 4.74 Å². The lowest BCUT2D eigenvalue weighted by Crippen LogP contribution is -2.08. The number of halogens is 2. The van der Waals surface area contributed by atoms with E-state index in [-0.39, 0.29) is 12.2 Å². The summed E-state index contributed by atoms with van der Waals surface area (Å²) in [6.45, 7) is 0.0399. The molecule has 0 amide bonds. The quantitative estimate of drug-likeness (QED) is 0.943. The van der Waals surface area contributed by atoms with Crippen molar-refractivity contribution in [2.45, 2.75) is 6.61 Å². The summed E-state index contributed by atoms with van der Waals surface area (Å²) in [5.74, 6) is -0.657. The molecule has 1 heterocycles. The van der Waals surface area contributed by atoms with Crippen LogP contribution >= 0.6 is 23.2 Å². The third-order valence-electron chi connectivity index (χ3n) is 2.55. The van der Waals surface area contributed by atoms with E-state index in [9.17, 15) is 4.79 Å². The van der Waals surface area contributed by atoms with Crippen molar-refractivity contribution in [2.24, 2.45) is 7.05 Å². The van der Waals surface area contributed by atoms with Crippen LogP contribution in [-0.2, 0) is 13.7 Å². The van der Waals surface area contributed by atoms with Crippen molar-refractivity contribution in [1.29, 1.82) is 0 Å². The number of aromatic nitrogens is 2. The van der Waals surface area contributed by atoms with Gasteiger partial charge in [0.05, 0.1) is 16.9 Å². The summed E-state index contributed by atoms with van der Waals surface area (Å²) in [5, 5.41) is 13.8. The molecule has 0 saturated carbocycles. The highest BCUT2D eigenvalue weighted by Gasteiger charge is 2.16. The fourth-order valence-electron chi connectivity index (χ4n) is 1.55. The van der Waals surface area contributed by atoms with Crippen LogP contribution in [0.2, 0.25) is 10.0 Å². The summed E-state index contributed by atoms with van der Waals surface area (Å²) in [5.41, 5.74) is 0.546. The van der Waals surface area contributed by atoms with Crippen molar-refractivity contribution in [2.75, 3.05) is 0 Å². The molecule has 1 aromatic heterocycles. The normalized spacial score (nSPS) is 10.5. The van der Waals surface area contributed by atoms with E-state index in [1.807, 2.05) is 0 Å². The summed E-state index contributed by atoms with van der Waals surface area (Å²) in [7, 11) is 1.64. The average molecular weight is 301 g/mol. The molecule has 19 heavy (non-hydrogen) atoms. The molecule has 1 aromatic carbocycles. The van der Waals surface area contributed by atoms with E-state index in [0.29, 0.717) is 21.5 Å². The zero-order chi connectivity index (χ0) is 14.0. The number of hydrogen-bond acceptors (Lipinski definition) is 3. The van der Waals surface area contributed by atoms with Crippen molar-refractivity contribution in [3.63, 3.8) is 0 Å². The summed E-state index contributed by atoms with van der Waals surface area (Å²) < 4.78 is 6.94. The molecule has 1 N–H and O–H groups in total. The van der Waals surface area contributed by atoms with E-state index in [4.69, 9.17) is 33.0 Å². The zero-order valence-electron chi connectivity index (χ0n) is 9.93. The Kier molecular flexibility index (Phi) is 3.97. The minimum absolute atomic E-state index is 0.0399. The van der Waals surface area contributed by atoms with Gasteiger partial charge in [0.15, 0.2) is 0 Å². The molecule has 0 spiro atoms. The van der Waals surface area contributed by atoms with Crippen molar-refractivity contribution in [1.82, 2.24) is 9.78 Å². The molecule has 0 atom stereocenters. The van der Waals surface area contributed by atoms with Gasteiger partial charge in [-0.1, -0.05) is 23.2 Å². The highest BCUT2D eigenvalue weighted by Crippen LogP contribution is 2.28. The number of carbonyl (C=O) groups is 1. The largest absolute Gasteiger partial charge is 0.486 e. The Hall–Kier alpha value is -1.72. The Morgan fingerprint density at radius 2 is 2.21 bits per heavy atom. The maximum Gasteiger partial charge on any atom is 0.339 e. The Balaban J connectivity index is 2.21. The van der Waals surface area contributed by atoms with Crippen LogP contribution in [0.1, 0.15) is 16.1 Å². The molecule has 0 aliphatic carbocycles. The number of rotatable bonds is 4. The predicted octanol–water partition coefficient (Wildman–Crippen LogP) is 3.00. The topological polar surface area (TPSA) is 64.4 Å². The number of carboxylic acids is 1. The van der Waals surface area contributed by atoms with E-state index >= 15 is 0 Å². The standard InChI is InChI=1S/C12H10Cl2N2O3/c1-16-10(8(5-15-16)12(17)18)6-19-11-4-7(13)2-3-9(11)14/h2-5H,6H2,1H3,(H,17,18). The Labute approximate surface area is 119 Å².